The Morgan fingerprint density at radius 1 is 1.22 bits per heavy atom. The summed E-state index contributed by atoms with van der Waals surface area (Å²) in [5.74, 6) is -3.72. The lowest BCUT2D eigenvalue weighted by Gasteiger charge is -2.39. The lowest BCUT2D eigenvalue weighted by Crippen LogP contribution is -2.58. The molecule has 15 heteroatoms. The monoisotopic (exact) mass is 651 g/mol. The molecule has 4 heterocycles. The van der Waals surface area contributed by atoms with E-state index in [1.54, 1.807) is 20.8 Å². The number of carbonyl (C=O) groups is 1. The van der Waals surface area contributed by atoms with Gasteiger partial charge in [0.25, 0.3) is 0 Å². The summed E-state index contributed by atoms with van der Waals surface area (Å²) in [6.45, 7) is 11.5. The Kier molecular flexibility index (Phi) is 9.19. The van der Waals surface area contributed by atoms with E-state index in [1.807, 2.05) is 6.92 Å². The van der Waals surface area contributed by atoms with E-state index in [-0.39, 0.29) is 46.0 Å². The summed E-state index contributed by atoms with van der Waals surface area (Å²) in [4.78, 5) is 22.0. The molecule has 1 aromatic carbocycles. The molecule has 0 aliphatic carbocycles. The molecule has 3 aromatic rings. The number of ether oxygens (including phenoxy) is 2. The minimum atomic E-state index is -5.28. The third-order valence-corrected chi connectivity index (χ3v) is 8.53. The third kappa shape index (κ3) is 6.75. The van der Waals surface area contributed by atoms with Crippen molar-refractivity contribution in [3.8, 4) is 22.9 Å². The van der Waals surface area contributed by atoms with Crippen molar-refractivity contribution < 1.29 is 36.2 Å². The van der Waals surface area contributed by atoms with Gasteiger partial charge in [-0.3, -0.25) is 4.79 Å². The number of carbonyl (C=O) groups excluding carboxylic acids is 1. The largest absolute Gasteiger partial charge is 0.573 e. The predicted molar refractivity (Wildman–Crippen MR) is 164 cm³/mol. The molecule has 1 fully saturated rings. The van der Waals surface area contributed by atoms with Crippen LogP contribution in [0.15, 0.2) is 12.1 Å². The topological polar surface area (TPSA) is 135 Å². The van der Waals surface area contributed by atoms with E-state index in [9.17, 15) is 22.4 Å². The van der Waals surface area contributed by atoms with E-state index < -0.39 is 53.2 Å². The van der Waals surface area contributed by atoms with Gasteiger partial charge in [0.2, 0.25) is 11.8 Å². The smallest absolute Gasteiger partial charge is 0.472 e. The quantitative estimate of drug-likeness (QED) is 0.156. The second-order valence-electron chi connectivity index (χ2n) is 12.4. The highest BCUT2D eigenvalue weighted by Crippen LogP contribution is 2.44. The highest BCUT2D eigenvalue weighted by molar-refractivity contribution is 6.01. The molecule has 46 heavy (non-hydrogen) atoms. The Morgan fingerprint density at radius 3 is 2.57 bits per heavy atom. The second-order valence-corrected chi connectivity index (χ2v) is 12.4. The van der Waals surface area contributed by atoms with E-state index in [2.05, 4.69) is 42.9 Å². The minimum Gasteiger partial charge on any atom is -0.472 e. The zero-order valence-corrected chi connectivity index (χ0v) is 26.2. The Balaban J connectivity index is 1.50. The van der Waals surface area contributed by atoms with Gasteiger partial charge >= 0.3 is 6.36 Å². The van der Waals surface area contributed by atoms with Crippen LogP contribution in [0.25, 0.3) is 22.0 Å². The number of aryl methyl sites for hydroxylation is 2. The molecule has 1 saturated heterocycles. The Labute approximate surface area is 263 Å². The number of alkyl halides is 3. The number of pyridine rings is 2. The molecule has 10 nitrogen and oxygen atoms in total. The normalized spacial score (nSPS) is 19.4. The van der Waals surface area contributed by atoms with Crippen LogP contribution in [0.5, 0.6) is 11.6 Å². The molecular formula is C31H38F5N7O3. The molecule has 2 aliphatic rings. The summed E-state index contributed by atoms with van der Waals surface area (Å²) in [7, 11) is 0. The van der Waals surface area contributed by atoms with Crippen molar-refractivity contribution in [2.24, 2.45) is 5.41 Å². The van der Waals surface area contributed by atoms with Gasteiger partial charge in [0.1, 0.15) is 17.6 Å². The summed E-state index contributed by atoms with van der Waals surface area (Å²) >= 11 is 0. The number of amides is 1. The SMILES string of the molecule is CCCC(NC[C@@H]1Nc2nc(C)c(C)c3c(F)c(-c4cc(N)cc(F)c4OC(F)(F)F)nc(c23)OC1C)C(=O)NCC1(C)CNC1. The summed E-state index contributed by atoms with van der Waals surface area (Å²) in [6.07, 6.45) is -4.58. The van der Waals surface area contributed by atoms with Crippen LogP contribution in [0.2, 0.25) is 0 Å². The van der Waals surface area contributed by atoms with Crippen LogP contribution in [0.4, 0.5) is 33.5 Å². The molecule has 250 valence electrons. The zero-order chi connectivity index (χ0) is 33.6. The first kappa shape index (κ1) is 33.4. The molecule has 0 spiro atoms. The molecule has 2 aromatic heterocycles. The van der Waals surface area contributed by atoms with E-state index in [1.165, 1.54) is 0 Å². The molecule has 5 rings (SSSR count). The van der Waals surface area contributed by atoms with Crippen molar-refractivity contribution in [2.45, 2.75) is 72.0 Å². The van der Waals surface area contributed by atoms with Crippen molar-refractivity contribution in [3.05, 3.63) is 35.0 Å². The Bertz CT molecular complexity index is 1650. The fourth-order valence-corrected chi connectivity index (χ4v) is 5.73. The number of anilines is 2. The van der Waals surface area contributed by atoms with Gasteiger partial charge < -0.3 is 36.5 Å². The van der Waals surface area contributed by atoms with Gasteiger partial charge in [-0.05, 0) is 38.8 Å². The molecule has 0 radical (unpaired) electrons. The molecule has 6 N–H and O–H groups in total. The standard InChI is InChI=1S/C31H38F5N7O3/c1-6-7-20(28(44)40-13-30(5)11-38-12-30)39-10-21-16(4)45-29-23-22(14(2)15(3)41-27(23)42-21)24(33)25(43-29)18-8-17(37)9-19(32)26(18)46-31(34,35)36/h8-9,16,20-21,38-39H,6-7,10-13,37H2,1-5H3,(H,40,44)(H,41,42)/t16?,20?,21-/m0/s1. The molecular weight excluding hydrogens is 613 g/mol. The first-order valence-corrected chi connectivity index (χ1v) is 15.1. The number of rotatable bonds is 10. The van der Waals surface area contributed by atoms with Gasteiger partial charge in [-0.15, -0.1) is 13.2 Å². The maximum atomic E-state index is 16.4. The van der Waals surface area contributed by atoms with Crippen LogP contribution in [0, 0.1) is 30.9 Å². The Hall–Kier alpha value is -3.98. The van der Waals surface area contributed by atoms with Gasteiger partial charge in [-0.25, -0.2) is 18.7 Å². The summed E-state index contributed by atoms with van der Waals surface area (Å²) in [5.41, 5.74) is 5.06. The average molecular weight is 652 g/mol. The van der Waals surface area contributed by atoms with E-state index >= 15 is 4.39 Å². The van der Waals surface area contributed by atoms with Gasteiger partial charge in [-0.2, -0.15) is 0 Å². The molecule has 3 atom stereocenters. The van der Waals surface area contributed by atoms with Gasteiger partial charge in [0.05, 0.1) is 23.0 Å². The third-order valence-electron chi connectivity index (χ3n) is 8.53. The van der Waals surface area contributed by atoms with Crippen LogP contribution in [0.1, 0.15) is 44.9 Å². The number of hydrogen-bond acceptors (Lipinski definition) is 9. The van der Waals surface area contributed by atoms with E-state index in [4.69, 9.17) is 10.5 Å². The van der Waals surface area contributed by atoms with E-state index in [0.29, 0.717) is 30.3 Å². The van der Waals surface area contributed by atoms with Gasteiger partial charge in [0, 0.05) is 54.4 Å². The van der Waals surface area contributed by atoms with Crippen LogP contribution < -0.4 is 36.5 Å². The highest BCUT2D eigenvalue weighted by Gasteiger charge is 2.37. The number of nitrogens with zero attached hydrogens (tertiary/aromatic N) is 2. The van der Waals surface area contributed by atoms with Crippen LogP contribution in [-0.4, -0.2) is 66.6 Å². The molecule has 2 unspecified atom stereocenters. The van der Waals surface area contributed by atoms with Crippen LogP contribution >= 0.6 is 0 Å². The van der Waals surface area contributed by atoms with E-state index in [0.717, 1.165) is 25.6 Å². The summed E-state index contributed by atoms with van der Waals surface area (Å²) in [5, 5.41) is 13.0. The highest BCUT2D eigenvalue weighted by atomic mass is 19.4. The maximum absolute atomic E-state index is 16.4. The van der Waals surface area contributed by atoms with Crippen molar-refractivity contribution in [1.29, 1.82) is 0 Å². The van der Waals surface area contributed by atoms with Gasteiger partial charge in [-0.1, -0.05) is 20.3 Å². The van der Waals surface area contributed by atoms with Crippen LogP contribution in [0.3, 0.4) is 0 Å². The number of benzene rings is 1. The van der Waals surface area contributed by atoms with Crippen LogP contribution in [-0.2, 0) is 4.79 Å². The molecule has 0 saturated carbocycles. The number of nitrogens with one attached hydrogen (secondary N) is 4. The average Bonchev–Trinajstić information content (AvgIpc) is 3.08. The zero-order valence-electron chi connectivity index (χ0n) is 26.2. The fourth-order valence-electron chi connectivity index (χ4n) is 5.73. The number of nitrogen functional groups attached to an aromatic ring is 1. The number of nitrogens with two attached hydrogens (primary N) is 1. The molecule has 2 aliphatic heterocycles. The lowest BCUT2D eigenvalue weighted by molar-refractivity contribution is -0.275. The second kappa shape index (κ2) is 12.7. The molecule has 1 amide bonds. The first-order chi connectivity index (χ1) is 21.6. The predicted octanol–water partition coefficient (Wildman–Crippen LogP) is 4.72. The van der Waals surface area contributed by atoms with Crippen molar-refractivity contribution >= 4 is 28.2 Å². The molecule has 0 bridgehead atoms. The number of hydrogen-bond donors (Lipinski definition) is 5. The fraction of sp³-hybridized carbons (Fsp3) is 0.516. The van der Waals surface area contributed by atoms with Crippen molar-refractivity contribution in [3.63, 3.8) is 0 Å². The number of aromatic nitrogens is 2. The van der Waals surface area contributed by atoms with Crippen molar-refractivity contribution in [1.82, 2.24) is 25.9 Å². The Morgan fingerprint density at radius 2 is 1.93 bits per heavy atom. The minimum absolute atomic E-state index is 0.0150. The summed E-state index contributed by atoms with van der Waals surface area (Å²) in [6, 6.07) is 0.631. The first-order valence-electron chi connectivity index (χ1n) is 15.1. The van der Waals surface area contributed by atoms with Gasteiger partial charge in [0.15, 0.2) is 17.4 Å². The summed E-state index contributed by atoms with van der Waals surface area (Å²) < 4.78 is 81.2. The maximum Gasteiger partial charge on any atom is 0.573 e. The van der Waals surface area contributed by atoms with Crippen molar-refractivity contribution in [2.75, 3.05) is 37.2 Å². The number of halogens is 5. The lowest BCUT2D eigenvalue weighted by atomic mass is 9.84.